The summed E-state index contributed by atoms with van der Waals surface area (Å²) in [6, 6.07) is 3.33. The summed E-state index contributed by atoms with van der Waals surface area (Å²) in [6.45, 7) is -3.76. The molecular formula is C19H14F7N7O2S. The molecule has 3 aromatic heterocycles. The van der Waals surface area contributed by atoms with Gasteiger partial charge in [-0.1, -0.05) is 5.21 Å². The second kappa shape index (κ2) is 8.76. The van der Waals surface area contributed by atoms with Gasteiger partial charge < -0.3 is 9.64 Å². The van der Waals surface area contributed by atoms with Crippen molar-refractivity contribution in [2.24, 2.45) is 7.05 Å². The molecule has 0 N–H and O–H groups in total. The quantitative estimate of drug-likeness (QED) is 0.421. The van der Waals surface area contributed by atoms with E-state index >= 15 is 0 Å². The monoisotopic (exact) mass is 537 g/mol. The number of aryl methyl sites for hydroxylation is 1. The van der Waals surface area contributed by atoms with Crippen molar-refractivity contribution < 1.29 is 40.3 Å². The van der Waals surface area contributed by atoms with Crippen LogP contribution in [-0.2, 0) is 13.0 Å². The molecular weight excluding hydrogens is 523 g/mol. The van der Waals surface area contributed by atoms with Gasteiger partial charge in [0.25, 0.3) is 5.91 Å². The lowest BCUT2D eigenvalue weighted by Gasteiger charge is -2.18. The number of rotatable bonds is 7. The van der Waals surface area contributed by atoms with Crippen LogP contribution in [0.1, 0.15) is 33.8 Å². The molecule has 1 fully saturated rings. The Kier molecular flexibility index (Phi) is 6.19. The number of hydrogen-bond donors (Lipinski definition) is 0. The zero-order chi connectivity index (χ0) is 26.6. The summed E-state index contributed by atoms with van der Waals surface area (Å²) >= 11 is 0.864. The highest BCUT2D eigenvalue weighted by molar-refractivity contribution is 7.16. The Morgan fingerprint density at radius 1 is 1.31 bits per heavy atom. The Hall–Kier alpha value is -3.68. The number of halogens is 7. The van der Waals surface area contributed by atoms with E-state index in [2.05, 4.69) is 20.1 Å². The molecule has 17 heteroatoms. The molecule has 9 nitrogen and oxygen atoms in total. The lowest BCUT2D eigenvalue weighted by atomic mass is 10.2. The van der Waals surface area contributed by atoms with Gasteiger partial charge >= 0.3 is 18.7 Å². The molecule has 4 rings (SSSR count). The minimum Gasteiger partial charge on any atom is -0.428 e. The van der Waals surface area contributed by atoms with Crippen molar-refractivity contribution in [2.45, 2.75) is 37.6 Å². The van der Waals surface area contributed by atoms with Crippen LogP contribution >= 0.6 is 11.3 Å². The van der Waals surface area contributed by atoms with Crippen LogP contribution in [0.5, 0.6) is 5.75 Å². The van der Waals surface area contributed by atoms with Gasteiger partial charge in [-0.25, -0.2) is 4.68 Å². The standard InChI is InChI=1S/C19H14F7N7O2S/c1-31(8-3-4-8)16(34)9-5-11(36-12(9)6-27)10-7-33(30-28-10)15-13(35-17(20)21)14(29-32(15)2)18(22,23)19(24,25)26/h5,7-8,17H,3-4H2,1-2H3. The van der Waals surface area contributed by atoms with Crippen molar-refractivity contribution in [1.82, 2.24) is 29.7 Å². The molecule has 1 saturated carbocycles. The summed E-state index contributed by atoms with van der Waals surface area (Å²) in [6.07, 6.45) is -3.46. The molecule has 1 amide bonds. The van der Waals surface area contributed by atoms with E-state index in [1.54, 1.807) is 7.05 Å². The molecule has 1 aliphatic carbocycles. The van der Waals surface area contributed by atoms with Crippen LogP contribution in [0.25, 0.3) is 16.4 Å². The molecule has 0 atom stereocenters. The topological polar surface area (TPSA) is 102 Å². The van der Waals surface area contributed by atoms with Crippen LogP contribution in [-0.4, -0.2) is 61.5 Å². The number of hydrogen-bond acceptors (Lipinski definition) is 7. The summed E-state index contributed by atoms with van der Waals surface area (Å²) in [5.74, 6) is -8.34. The third kappa shape index (κ3) is 4.36. The number of thiophene rings is 1. The molecule has 1 aliphatic rings. The van der Waals surface area contributed by atoms with Gasteiger partial charge in [-0.2, -0.15) is 45.8 Å². The van der Waals surface area contributed by atoms with E-state index in [-0.39, 0.29) is 27.1 Å². The van der Waals surface area contributed by atoms with Crippen molar-refractivity contribution in [1.29, 1.82) is 5.26 Å². The molecule has 0 unspecified atom stereocenters. The van der Waals surface area contributed by atoms with Crippen molar-refractivity contribution in [2.75, 3.05) is 7.05 Å². The fourth-order valence-corrected chi connectivity index (χ4v) is 4.24. The number of aromatic nitrogens is 5. The van der Waals surface area contributed by atoms with Gasteiger partial charge in [0.05, 0.1) is 16.6 Å². The average Bonchev–Trinajstić information content (AvgIpc) is 3.22. The van der Waals surface area contributed by atoms with Crippen LogP contribution in [0.4, 0.5) is 30.7 Å². The Morgan fingerprint density at radius 2 is 1.97 bits per heavy atom. The lowest BCUT2D eigenvalue weighted by Crippen LogP contribution is -2.34. The van der Waals surface area contributed by atoms with Gasteiger partial charge in [0, 0.05) is 20.1 Å². The largest absolute Gasteiger partial charge is 0.459 e. The summed E-state index contributed by atoms with van der Waals surface area (Å²) in [7, 11) is 2.52. The number of carbonyl (C=O) groups excluding carboxylic acids is 1. The van der Waals surface area contributed by atoms with Crippen LogP contribution < -0.4 is 4.74 Å². The molecule has 0 radical (unpaired) electrons. The van der Waals surface area contributed by atoms with Gasteiger partial charge in [-0.3, -0.25) is 4.79 Å². The van der Waals surface area contributed by atoms with Gasteiger partial charge in [-0.15, -0.1) is 16.4 Å². The summed E-state index contributed by atoms with van der Waals surface area (Å²) in [5, 5.41) is 19.9. The molecule has 0 saturated heterocycles. The van der Waals surface area contributed by atoms with Crippen LogP contribution in [0, 0.1) is 11.3 Å². The zero-order valence-corrected chi connectivity index (χ0v) is 19.0. The summed E-state index contributed by atoms with van der Waals surface area (Å²) in [5.41, 5.74) is -2.00. The Bertz CT molecular complexity index is 1350. The molecule has 36 heavy (non-hydrogen) atoms. The first-order valence-corrected chi connectivity index (χ1v) is 10.8. The summed E-state index contributed by atoms with van der Waals surface area (Å²) < 4.78 is 97.8. The molecule has 0 aliphatic heterocycles. The smallest absolute Gasteiger partial charge is 0.428 e. The maximum atomic E-state index is 14.0. The van der Waals surface area contributed by atoms with Crippen molar-refractivity contribution in [3.63, 3.8) is 0 Å². The molecule has 0 spiro atoms. The third-order valence-corrected chi connectivity index (χ3v) is 6.34. The maximum absolute atomic E-state index is 14.0. The highest BCUT2D eigenvalue weighted by Gasteiger charge is 2.62. The van der Waals surface area contributed by atoms with Crippen LogP contribution in [0.3, 0.4) is 0 Å². The van der Waals surface area contributed by atoms with Crippen molar-refractivity contribution in [3.8, 4) is 28.2 Å². The summed E-state index contributed by atoms with van der Waals surface area (Å²) in [4.78, 5) is 14.5. The van der Waals surface area contributed by atoms with Crippen molar-refractivity contribution in [3.05, 3.63) is 28.4 Å². The van der Waals surface area contributed by atoms with E-state index in [4.69, 9.17) is 0 Å². The van der Waals surface area contributed by atoms with Gasteiger partial charge in [-0.05, 0) is 18.9 Å². The third-order valence-electron chi connectivity index (χ3n) is 5.28. The maximum Gasteiger partial charge on any atom is 0.459 e. The number of amides is 1. The number of nitrogens with zero attached hydrogens (tertiary/aromatic N) is 7. The van der Waals surface area contributed by atoms with E-state index in [9.17, 15) is 40.8 Å². The van der Waals surface area contributed by atoms with E-state index in [1.807, 2.05) is 6.07 Å². The highest BCUT2D eigenvalue weighted by Crippen LogP contribution is 2.48. The zero-order valence-electron chi connectivity index (χ0n) is 18.2. The first-order chi connectivity index (χ1) is 16.8. The van der Waals surface area contributed by atoms with Gasteiger partial charge in [0.15, 0.2) is 17.3 Å². The Balaban J connectivity index is 1.76. The molecule has 3 aromatic rings. The van der Waals surface area contributed by atoms with E-state index in [0.717, 1.165) is 37.4 Å². The first-order valence-electron chi connectivity index (χ1n) is 9.97. The van der Waals surface area contributed by atoms with E-state index in [0.29, 0.717) is 9.36 Å². The van der Waals surface area contributed by atoms with Crippen LogP contribution in [0.15, 0.2) is 12.3 Å². The van der Waals surface area contributed by atoms with Gasteiger partial charge in [0.2, 0.25) is 0 Å². The lowest BCUT2D eigenvalue weighted by molar-refractivity contribution is -0.291. The molecule has 3 heterocycles. The first kappa shape index (κ1) is 25.4. The Morgan fingerprint density at radius 3 is 2.53 bits per heavy atom. The SMILES string of the molecule is CN(C(=O)c1cc(-c2cn(-c3c(OC(F)F)c(C(F)(F)C(F)(F)F)nn3C)nn2)sc1C#N)C1CC1. The number of alkyl halides is 7. The second-order valence-electron chi connectivity index (χ2n) is 7.74. The number of carbonyl (C=O) groups is 1. The van der Waals surface area contributed by atoms with Gasteiger partial charge in [0.1, 0.15) is 16.6 Å². The molecule has 0 aromatic carbocycles. The normalized spacial score (nSPS) is 14.2. The second-order valence-corrected chi connectivity index (χ2v) is 8.79. The molecule has 0 bridgehead atoms. The van der Waals surface area contributed by atoms with E-state index in [1.165, 1.54) is 11.0 Å². The minimum absolute atomic E-state index is 0.0158. The Labute approximate surface area is 201 Å². The predicted octanol–water partition coefficient (Wildman–Crippen LogP) is 4.09. The average molecular weight is 537 g/mol. The number of nitriles is 1. The fraction of sp³-hybridized carbons (Fsp3) is 0.421. The van der Waals surface area contributed by atoms with E-state index < -0.39 is 41.9 Å². The number of ether oxygens (including phenoxy) is 1. The predicted molar refractivity (Wildman–Crippen MR) is 108 cm³/mol. The fourth-order valence-electron chi connectivity index (χ4n) is 3.34. The molecule has 192 valence electrons. The minimum atomic E-state index is -6.15. The van der Waals surface area contributed by atoms with Crippen molar-refractivity contribution >= 4 is 17.2 Å². The highest BCUT2D eigenvalue weighted by atomic mass is 32.1. The van der Waals surface area contributed by atoms with Crippen LogP contribution in [0.2, 0.25) is 0 Å².